The minimum Gasteiger partial charge on any atom is -0.378 e. The number of hydrogen-bond acceptors (Lipinski definition) is 1. The number of alkyl halides is 1. The van der Waals surface area contributed by atoms with Gasteiger partial charge < -0.3 is 4.74 Å². The molecule has 2 aliphatic rings. The van der Waals surface area contributed by atoms with Crippen LogP contribution in [0.5, 0.6) is 0 Å². The number of ether oxygens (including phenoxy) is 1. The molecular weight excluding hydrogens is 276 g/mol. The number of hydrogen-bond donors (Lipinski definition) is 0. The van der Waals surface area contributed by atoms with Crippen LogP contribution in [0, 0.1) is 5.92 Å². The molecule has 1 nitrogen and oxygen atoms in total. The van der Waals surface area contributed by atoms with E-state index in [1.165, 1.54) is 31.2 Å². The van der Waals surface area contributed by atoms with Crippen LogP contribution < -0.4 is 0 Å². The summed E-state index contributed by atoms with van der Waals surface area (Å²) in [5.41, 5.74) is 4.57. The summed E-state index contributed by atoms with van der Waals surface area (Å²) < 4.78 is 5.67. The van der Waals surface area contributed by atoms with Gasteiger partial charge in [-0.1, -0.05) is 34.1 Å². The second-order valence-corrected chi connectivity index (χ2v) is 6.41. The Morgan fingerprint density at radius 1 is 1.29 bits per heavy atom. The summed E-state index contributed by atoms with van der Waals surface area (Å²) in [5.74, 6) is 0.629. The average Bonchev–Trinajstić information content (AvgIpc) is 2.95. The van der Waals surface area contributed by atoms with Gasteiger partial charge in [-0.25, -0.2) is 0 Å². The van der Waals surface area contributed by atoms with E-state index in [1.54, 1.807) is 11.1 Å². The van der Waals surface area contributed by atoms with Crippen molar-refractivity contribution >= 4 is 15.9 Å². The molecule has 1 aromatic carbocycles. The maximum absolute atomic E-state index is 5.67. The highest BCUT2D eigenvalue weighted by Crippen LogP contribution is 2.39. The molecule has 3 atom stereocenters. The van der Waals surface area contributed by atoms with E-state index >= 15 is 0 Å². The second-order valence-electron chi connectivity index (χ2n) is 5.42. The van der Waals surface area contributed by atoms with E-state index in [2.05, 4.69) is 41.1 Å². The van der Waals surface area contributed by atoms with Crippen LogP contribution in [0.4, 0.5) is 0 Å². The first-order chi connectivity index (χ1) is 8.24. The summed E-state index contributed by atoms with van der Waals surface area (Å²) in [6.45, 7) is 3.07. The normalized spacial score (nSPS) is 29.3. The number of halogens is 1. The zero-order valence-electron chi connectivity index (χ0n) is 10.3. The molecule has 0 amide bonds. The SMILES string of the molecule is CC1CC(C(Br)c2ccc3c(c2)CCC3)CO1. The predicted molar refractivity (Wildman–Crippen MR) is 73.7 cm³/mol. The van der Waals surface area contributed by atoms with E-state index in [-0.39, 0.29) is 0 Å². The van der Waals surface area contributed by atoms with E-state index < -0.39 is 0 Å². The lowest BCUT2D eigenvalue weighted by molar-refractivity contribution is 0.120. The van der Waals surface area contributed by atoms with Crippen molar-refractivity contribution in [2.24, 2.45) is 5.92 Å². The van der Waals surface area contributed by atoms with Crippen molar-refractivity contribution in [3.63, 3.8) is 0 Å². The van der Waals surface area contributed by atoms with Crippen LogP contribution in [0.15, 0.2) is 18.2 Å². The summed E-state index contributed by atoms with van der Waals surface area (Å²) in [4.78, 5) is 0.457. The summed E-state index contributed by atoms with van der Waals surface area (Å²) in [6, 6.07) is 7.03. The number of rotatable bonds is 2. The summed E-state index contributed by atoms with van der Waals surface area (Å²) in [7, 11) is 0. The Balaban J connectivity index is 1.79. The van der Waals surface area contributed by atoms with E-state index in [0.717, 1.165) is 6.61 Å². The van der Waals surface area contributed by atoms with Gasteiger partial charge in [-0.05, 0) is 49.3 Å². The Labute approximate surface area is 112 Å². The highest BCUT2D eigenvalue weighted by molar-refractivity contribution is 9.09. The summed E-state index contributed by atoms with van der Waals surface area (Å²) in [6.07, 6.45) is 5.46. The van der Waals surface area contributed by atoms with E-state index in [9.17, 15) is 0 Å². The zero-order chi connectivity index (χ0) is 11.8. The fourth-order valence-electron chi connectivity index (χ4n) is 3.09. The lowest BCUT2D eigenvalue weighted by Gasteiger charge is -2.17. The Morgan fingerprint density at radius 2 is 2.12 bits per heavy atom. The van der Waals surface area contributed by atoms with Crippen LogP contribution in [0.2, 0.25) is 0 Å². The fourth-order valence-corrected chi connectivity index (χ4v) is 3.74. The molecule has 2 heteroatoms. The number of aryl methyl sites for hydroxylation is 2. The van der Waals surface area contributed by atoms with Crippen molar-refractivity contribution in [1.29, 1.82) is 0 Å². The van der Waals surface area contributed by atoms with Crippen molar-refractivity contribution in [2.75, 3.05) is 6.61 Å². The molecule has 0 N–H and O–H groups in total. The van der Waals surface area contributed by atoms with Crippen LogP contribution in [0.25, 0.3) is 0 Å². The quantitative estimate of drug-likeness (QED) is 0.748. The predicted octanol–water partition coefficient (Wildman–Crippen LogP) is 4.04. The van der Waals surface area contributed by atoms with E-state index in [0.29, 0.717) is 16.8 Å². The highest BCUT2D eigenvalue weighted by Gasteiger charge is 2.29. The van der Waals surface area contributed by atoms with Gasteiger partial charge in [-0.2, -0.15) is 0 Å². The maximum atomic E-state index is 5.67. The molecule has 0 spiro atoms. The van der Waals surface area contributed by atoms with Crippen LogP contribution in [0.3, 0.4) is 0 Å². The Bertz CT molecular complexity index is 415. The Morgan fingerprint density at radius 3 is 2.88 bits per heavy atom. The Hall–Kier alpha value is -0.340. The zero-order valence-corrected chi connectivity index (χ0v) is 11.9. The largest absolute Gasteiger partial charge is 0.378 e. The first-order valence-corrected chi connectivity index (χ1v) is 7.53. The monoisotopic (exact) mass is 294 g/mol. The second kappa shape index (κ2) is 4.74. The Kier molecular flexibility index (Phi) is 3.27. The molecule has 17 heavy (non-hydrogen) atoms. The molecule has 0 radical (unpaired) electrons. The first-order valence-electron chi connectivity index (χ1n) is 6.61. The van der Waals surface area contributed by atoms with Gasteiger partial charge in [0.05, 0.1) is 12.7 Å². The van der Waals surface area contributed by atoms with Crippen molar-refractivity contribution in [3.8, 4) is 0 Å². The molecule has 3 rings (SSSR count). The van der Waals surface area contributed by atoms with Crippen molar-refractivity contribution < 1.29 is 4.74 Å². The molecule has 1 aliphatic heterocycles. The maximum Gasteiger partial charge on any atom is 0.0551 e. The molecular formula is C15H19BrO. The minimum absolute atomic E-state index is 0.425. The number of benzene rings is 1. The van der Waals surface area contributed by atoms with Crippen LogP contribution in [-0.4, -0.2) is 12.7 Å². The van der Waals surface area contributed by atoms with Gasteiger partial charge in [0.2, 0.25) is 0 Å². The van der Waals surface area contributed by atoms with Gasteiger partial charge in [0.25, 0.3) is 0 Å². The minimum atomic E-state index is 0.425. The molecule has 1 saturated heterocycles. The fraction of sp³-hybridized carbons (Fsp3) is 0.600. The molecule has 0 bridgehead atoms. The van der Waals surface area contributed by atoms with Gasteiger partial charge in [-0.15, -0.1) is 0 Å². The van der Waals surface area contributed by atoms with Gasteiger partial charge in [0.15, 0.2) is 0 Å². The molecule has 1 aliphatic carbocycles. The van der Waals surface area contributed by atoms with Crippen LogP contribution in [-0.2, 0) is 17.6 Å². The van der Waals surface area contributed by atoms with E-state index in [4.69, 9.17) is 4.74 Å². The molecule has 1 fully saturated rings. The summed E-state index contributed by atoms with van der Waals surface area (Å²) >= 11 is 3.87. The lowest BCUT2D eigenvalue weighted by atomic mass is 9.95. The van der Waals surface area contributed by atoms with Gasteiger partial charge in [-0.3, -0.25) is 0 Å². The molecule has 1 aromatic rings. The van der Waals surface area contributed by atoms with Crippen molar-refractivity contribution in [1.82, 2.24) is 0 Å². The smallest absolute Gasteiger partial charge is 0.0551 e. The average molecular weight is 295 g/mol. The first kappa shape index (κ1) is 11.7. The molecule has 1 heterocycles. The van der Waals surface area contributed by atoms with Crippen LogP contribution in [0.1, 0.15) is 41.3 Å². The van der Waals surface area contributed by atoms with E-state index in [1.807, 2.05) is 0 Å². The molecule has 0 saturated carbocycles. The standard InChI is InChI=1S/C15H19BrO/c1-10-7-14(9-17-10)15(16)13-6-5-11-3-2-4-12(11)8-13/h5-6,8,10,14-15H,2-4,7,9H2,1H3. The van der Waals surface area contributed by atoms with Gasteiger partial charge >= 0.3 is 0 Å². The third kappa shape index (κ3) is 2.30. The molecule has 92 valence electrons. The van der Waals surface area contributed by atoms with Gasteiger partial charge in [0.1, 0.15) is 0 Å². The topological polar surface area (TPSA) is 9.23 Å². The lowest BCUT2D eigenvalue weighted by Crippen LogP contribution is -2.08. The van der Waals surface area contributed by atoms with Crippen molar-refractivity contribution in [3.05, 3.63) is 34.9 Å². The molecule has 0 aromatic heterocycles. The molecule has 3 unspecified atom stereocenters. The van der Waals surface area contributed by atoms with Crippen LogP contribution >= 0.6 is 15.9 Å². The van der Waals surface area contributed by atoms with Gasteiger partial charge in [0, 0.05) is 10.7 Å². The summed E-state index contributed by atoms with van der Waals surface area (Å²) in [5, 5.41) is 0. The third-order valence-electron chi connectivity index (χ3n) is 4.08. The third-order valence-corrected chi connectivity index (χ3v) is 5.36. The highest BCUT2D eigenvalue weighted by atomic mass is 79.9. The number of fused-ring (bicyclic) bond motifs is 1. The van der Waals surface area contributed by atoms with Crippen molar-refractivity contribution in [2.45, 2.75) is 43.5 Å².